The summed E-state index contributed by atoms with van der Waals surface area (Å²) >= 11 is 6.20. The van der Waals surface area contributed by atoms with E-state index in [1.807, 2.05) is 37.2 Å². The summed E-state index contributed by atoms with van der Waals surface area (Å²) in [7, 11) is 1.91. The van der Waals surface area contributed by atoms with Crippen molar-refractivity contribution >= 4 is 11.6 Å². The largest absolute Gasteiger partial charge is 0.330 e. The molecule has 6 heteroatoms. The molecule has 2 N–H and O–H groups in total. The number of rotatable bonds is 3. The van der Waals surface area contributed by atoms with Gasteiger partial charge in [0.05, 0.1) is 22.1 Å². The minimum atomic E-state index is 0.590. The predicted octanol–water partition coefficient (Wildman–Crippen LogP) is 1.69. The molecule has 0 aliphatic heterocycles. The molecule has 0 atom stereocenters. The standard InChI is InChI=1S/C12H18ClN5/c1-7-10(5-6-14)12(17(4)15-7)18-9(3)11(13)8(2)16-18/h5-6,14H2,1-4H3. The van der Waals surface area contributed by atoms with E-state index in [4.69, 9.17) is 17.3 Å². The first-order valence-electron chi connectivity index (χ1n) is 5.92. The summed E-state index contributed by atoms with van der Waals surface area (Å²) in [6.45, 7) is 6.43. The first-order chi connectivity index (χ1) is 8.47. The molecular weight excluding hydrogens is 250 g/mol. The molecule has 0 bridgehead atoms. The predicted molar refractivity (Wildman–Crippen MR) is 72.3 cm³/mol. The smallest absolute Gasteiger partial charge is 0.155 e. The van der Waals surface area contributed by atoms with Crippen molar-refractivity contribution in [2.75, 3.05) is 6.54 Å². The van der Waals surface area contributed by atoms with E-state index in [0.717, 1.165) is 34.9 Å². The zero-order valence-corrected chi connectivity index (χ0v) is 11.9. The molecule has 0 radical (unpaired) electrons. The van der Waals surface area contributed by atoms with Crippen LogP contribution in [0.2, 0.25) is 5.02 Å². The molecule has 0 unspecified atom stereocenters. The quantitative estimate of drug-likeness (QED) is 0.921. The van der Waals surface area contributed by atoms with Crippen LogP contribution in [0.25, 0.3) is 5.82 Å². The minimum absolute atomic E-state index is 0.590. The fraction of sp³-hybridized carbons (Fsp3) is 0.500. The monoisotopic (exact) mass is 267 g/mol. The highest BCUT2D eigenvalue weighted by atomic mass is 35.5. The summed E-state index contributed by atoms with van der Waals surface area (Å²) in [5, 5.41) is 9.62. The first kappa shape index (κ1) is 13.1. The van der Waals surface area contributed by atoms with Gasteiger partial charge in [-0.05, 0) is 33.7 Å². The zero-order valence-electron chi connectivity index (χ0n) is 11.2. The van der Waals surface area contributed by atoms with Gasteiger partial charge in [-0.15, -0.1) is 0 Å². The van der Waals surface area contributed by atoms with Crippen molar-refractivity contribution < 1.29 is 0 Å². The normalized spacial score (nSPS) is 11.2. The second-order valence-electron chi connectivity index (χ2n) is 4.45. The SMILES string of the molecule is Cc1nn(-c2c(CCN)c(C)nn2C)c(C)c1Cl. The maximum absolute atomic E-state index is 6.20. The molecule has 2 rings (SSSR count). The number of nitrogens with two attached hydrogens (primary N) is 1. The average Bonchev–Trinajstić information content (AvgIpc) is 2.72. The maximum Gasteiger partial charge on any atom is 0.155 e. The van der Waals surface area contributed by atoms with Crippen LogP contribution in [-0.4, -0.2) is 26.1 Å². The number of hydrogen-bond acceptors (Lipinski definition) is 3. The molecule has 18 heavy (non-hydrogen) atoms. The third-order valence-electron chi connectivity index (χ3n) is 3.11. The molecule has 0 aliphatic carbocycles. The first-order valence-corrected chi connectivity index (χ1v) is 6.29. The highest BCUT2D eigenvalue weighted by Gasteiger charge is 2.19. The lowest BCUT2D eigenvalue weighted by Gasteiger charge is -2.08. The van der Waals surface area contributed by atoms with Crippen LogP contribution in [0, 0.1) is 20.8 Å². The number of halogens is 1. The topological polar surface area (TPSA) is 61.7 Å². The van der Waals surface area contributed by atoms with Crippen molar-refractivity contribution in [3.05, 3.63) is 27.7 Å². The maximum atomic E-state index is 6.20. The van der Waals surface area contributed by atoms with Gasteiger partial charge in [-0.1, -0.05) is 11.6 Å². The van der Waals surface area contributed by atoms with Crippen molar-refractivity contribution in [2.45, 2.75) is 27.2 Å². The van der Waals surface area contributed by atoms with E-state index in [1.165, 1.54) is 0 Å². The molecule has 2 heterocycles. The Morgan fingerprint density at radius 3 is 2.33 bits per heavy atom. The molecule has 0 aliphatic rings. The van der Waals surface area contributed by atoms with E-state index in [0.29, 0.717) is 11.6 Å². The Kier molecular flexibility index (Phi) is 3.45. The number of aromatic nitrogens is 4. The summed E-state index contributed by atoms with van der Waals surface area (Å²) in [4.78, 5) is 0. The fourth-order valence-electron chi connectivity index (χ4n) is 2.22. The van der Waals surface area contributed by atoms with E-state index >= 15 is 0 Å². The van der Waals surface area contributed by atoms with Crippen LogP contribution < -0.4 is 5.73 Å². The van der Waals surface area contributed by atoms with Crippen molar-refractivity contribution in [3.63, 3.8) is 0 Å². The molecule has 0 amide bonds. The summed E-state index contributed by atoms with van der Waals surface area (Å²) in [5.41, 5.74) is 9.53. The van der Waals surface area contributed by atoms with E-state index in [-0.39, 0.29) is 0 Å². The van der Waals surface area contributed by atoms with Gasteiger partial charge in [0.15, 0.2) is 5.82 Å². The van der Waals surface area contributed by atoms with Gasteiger partial charge < -0.3 is 5.73 Å². The van der Waals surface area contributed by atoms with Crippen molar-refractivity contribution in [2.24, 2.45) is 12.8 Å². The second-order valence-corrected chi connectivity index (χ2v) is 4.82. The molecule has 98 valence electrons. The van der Waals surface area contributed by atoms with Gasteiger partial charge in [-0.3, -0.25) is 4.68 Å². The Bertz CT molecular complexity index is 582. The highest BCUT2D eigenvalue weighted by Crippen LogP contribution is 2.25. The van der Waals surface area contributed by atoms with Gasteiger partial charge in [-0.25, -0.2) is 4.68 Å². The third kappa shape index (κ3) is 1.93. The molecule has 2 aromatic heterocycles. The van der Waals surface area contributed by atoms with Gasteiger partial charge in [-0.2, -0.15) is 10.2 Å². The highest BCUT2D eigenvalue weighted by molar-refractivity contribution is 6.31. The second kappa shape index (κ2) is 4.74. The number of hydrogen-bond donors (Lipinski definition) is 1. The van der Waals surface area contributed by atoms with Crippen LogP contribution in [0.15, 0.2) is 0 Å². The summed E-state index contributed by atoms with van der Waals surface area (Å²) in [6.07, 6.45) is 0.783. The van der Waals surface area contributed by atoms with Crippen molar-refractivity contribution in [1.29, 1.82) is 0 Å². The van der Waals surface area contributed by atoms with E-state index in [1.54, 1.807) is 0 Å². The molecule has 0 saturated heterocycles. The van der Waals surface area contributed by atoms with Gasteiger partial charge in [0.1, 0.15) is 0 Å². The minimum Gasteiger partial charge on any atom is -0.330 e. The fourth-order valence-corrected chi connectivity index (χ4v) is 2.34. The number of aryl methyl sites for hydroxylation is 3. The summed E-state index contributed by atoms with van der Waals surface area (Å²) in [5.74, 6) is 0.949. The Morgan fingerprint density at radius 1 is 1.17 bits per heavy atom. The molecule has 0 spiro atoms. The Balaban J connectivity index is 2.66. The van der Waals surface area contributed by atoms with Crippen LogP contribution in [0.5, 0.6) is 0 Å². The van der Waals surface area contributed by atoms with Crippen LogP contribution in [0.1, 0.15) is 22.6 Å². The zero-order chi connectivity index (χ0) is 13.4. The van der Waals surface area contributed by atoms with Gasteiger partial charge in [0.25, 0.3) is 0 Å². The third-order valence-corrected chi connectivity index (χ3v) is 3.66. The summed E-state index contributed by atoms with van der Waals surface area (Å²) in [6, 6.07) is 0. The van der Waals surface area contributed by atoms with Crippen LogP contribution >= 0.6 is 11.6 Å². The molecule has 0 aromatic carbocycles. The van der Waals surface area contributed by atoms with E-state index in [2.05, 4.69) is 10.2 Å². The van der Waals surface area contributed by atoms with Crippen LogP contribution in [0.3, 0.4) is 0 Å². The number of nitrogens with zero attached hydrogens (tertiary/aromatic N) is 4. The molecule has 2 aromatic rings. The van der Waals surface area contributed by atoms with Gasteiger partial charge in [0.2, 0.25) is 0 Å². The lowest BCUT2D eigenvalue weighted by molar-refractivity contribution is 0.679. The van der Waals surface area contributed by atoms with Crippen LogP contribution in [-0.2, 0) is 13.5 Å². The lowest BCUT2D eigenvalue weighted by Crippen LogP contribution is -2.11. The average molecular weight is 268 g/mol. The van der Waals surface area contributed by atoms with Crippen molar-refractivity contribution in [3.8, 4) is 5.82 Å². The Labute approximate surface area is 112 Å². The van der Waals surface area contributed by atoms with Crippen molar-refractivity contribution in [1.82, 2.24) is 19.6 Å². The molecule has 0 fully saturated rings. The van der Waals surface area contributed by atoms with Crippen LogP contribution in [0.4, 0.5) is 0 Å². The molecular formula is C12H18ClN5. The van der Waals surface area contributed by atoms with Gasteiger partial charge in [0, 0.05) is 12.6 Å². The molecule has 5 nitrogen and oxygen atoms in total. The Morgan fingerprint density at radius 2 is 1.83 bits per heavy atom. The van der Waals surface area contributed by atoms with E-state index < -0.39 is 0 Å². The van der Waals surface area contributed by atoms with Gasteiger partial charge >= 0.3 is 0 Å². The lowest BCUT2D eigenvalue weighted by atomic mass is 10.2. The van der Waals surface area contributed by atoms with E-state index in [9.17, 15) is 0 Å². The Hall–Kier alpha value is -1.33. The molecule has 0 saturated carbocycles. The summed E-state index contributed by atoms with van der Waals surface area (Å²) < 4.78 is 3.68.